The van der Waals surface area contributed by atoms with Crippen LogP contribution in [0.2, 0.25) is 0 Å². The lowest BCUT2D eigenvalue weighted by Crippen LogP contribution is -2.34. The molecule has 2 aliphatic heterocycles. The van der Waals surface area contributed by atoms with Crippen LogP contribution < -0.4 is 5.32 Å². The maximum Gasteiger partial charge on any atom is 0.307 e. The van der Waals surface area contributed by atoms with Crippen LogP contribution in [0.1, 0.15) is 34.6 Å². The molecule has 5 heterocycles. The van der Waals surface area contributed by atoms with Crippen molar-refractivity contribution in [3.63, 3.8) is 0 Å². The third-order valence-electron chi connectivity index (χ3n) is 9.38. The van der Waals surface area contributed by atoms with Crippen molar-refractivity contribution in [3.8, 4) is 22.6 Å². The normalized spacial score (nSPS) is 16.2. The van der Waals surface area contributed by atoms with Gasteiger partial charge in [0.1, 0.15) is 17.0 Å². The predicted octanol–water partition coefficient (Wildman–Crippen LogP) is 5.62. The number of carboxylic acids is 1. The number of carbonyl (C=O) groups is 2. The maximum absolute atomic E-state index is 12.6. The number of likely N-dealkylation sites (tertiary alicyclic amines) is 1. The van der Waals surface area contributed by atoms with Crippen molar-refractivity contribution >= 4 is 34.3 Å². The van der Waals surface area contributed by atoms with Crippen molar-refractivity contribution < 1.29 is 19.1 Å². The number of aliphatic carboxylic acids is 1. The number of carboxylic acid groups (broad SMARTS) is 1. The molecule has 1 fully saturated rings. The second-order valence-electron chi connectivity index (χ2n) is 13.1. The highest BCUT2D eigenvalue weighted by Gasteiger charge is 2.30. The van der Waals surface area contributed by atoms with E-state index in [0.29, 0.717) is 50.9 Å². The number of hydrogen-bond donors (Lipinski definition) is 2. The molecule has 48 heavy (non-hydrogen) atoms. The van der Waals surface area contributed by atoms with Gasteiger partial charge >= 0.3 is 5.97 Å². The number of carbonyl (C=O) groups excluding carboxylic acids is 1. The molecular formula is C37H39N7O4. The number of fused-ring (bicyclic) bond motifs is 2. The first kappa shape index (κ1) is 31.5. The van der Waals surface area contributed by atoms with Crippen molar-refractivity contribution in [1.82, 2.24) is 29.7 Å². The molecule has 2 aromatic carbocycles. The Hall–Kier alpha value is -5.13. The van der Waals surface area contributed by atoms with E-state index in [1.165, 1.54) is 0 Å². The van der Waals surface area contributed by atoms with Gasteiger partial charge in [0.05, 0.1) is 25.6 Å². The van der Waals surface area contributed by atoms with Gasteiger partial charge in [0.2, 0.25) is 11.8 Å². The maximum atomic E-state index is 12.6. The summed E-state index contributed by atoms with van der Waals surface area (Å²) < 4.78 is 6.23. The van der Waals surface area contributed by atoms with E-state index >= 15 is 0 Å². The van der Waals surface area contributed by atoms with Gasteiger partial charge in [-0.3, -0.25) is 19.5 Å². The molecule has 0 spiro atoms. The number of benzene rings is 2. The molecule has 11 heteroatoms. The molecule has 1 atom stereocenters. The quantitative estimate of drug-likeness (QED) is 0.208. The molecule has 5 aromatic rings. The molecule has 3 aromatic heterocycles. The van der Waals surface area contributed by atoms with Gasteiger partial charge in [-0.2, -0.15) is 0 Å². The number of aromatic nitrogens is 3. The van der Waals surface area contributed by atoms with Crippen LogP contribution in [0.4, 0.5) is 11.5 Å². The monoisotopic (exact) mass is 645 g/mol. The molecule has 246 valence electrons. The number of hydrogen-bond acceptors (Lipinski definition) is 9. The van der Waals surface area contributed by atoms with Crippen molar-refractivity contribution in [2.24, 2.45) is 5.92 Å². The number of rotatable bonds is 9. The minimum Gasteiger partial charge on any atom is -0.481 e. The second-order valence-corrected chi connectivity index (χ2v) is 13.1. The van der Waals surface area contributed by atoms with E-state index in [-0.39, 0.29) is 11.8 Å². The molecule has 0 radical (unpaired) electrons. The molecule has 11 nitrogen and oxygen atoms in total. The van der Waals surface area contributed by atoms with Gasteiger partial charge in [0, 0.05) is 42.1 Å². The average molecular weight is 646 g/mol. The van der Waals surface area contributed by atoms with Crippen molar-refractivity contribution in [3.05, 3.63) is 89.1 Å². The van der Waals surface area contributed by atoms with Crippen LogP contribution in [-0.4, -0.2) is 80.4 Å². The van der Waals surface area contributed by atoms with E-state index in [2.05, 4.69) is 47.2 Å². The summed E-state index contributed by atoms with van der Waals surface area (Å²) in [6.07, 6.45) is 4.32. The Morgan fingerprint density at radius 3 is 2.54 bits per heavy atom. The molecule has 7 rings (SSSR count). The van der Waals surface area contributed by atoms with Crippen LogP contribution in [0.25, 0.3) is 33.5 Å². The molecule has 2 aliphatic rings. The van der Waals surface area contributed by atoms with Gasteiger partial charge in [-0.25, -0.2) is 9.97 Å². The summed E-state index contributed by atoms with van der Waals surface area (Å²) in [7, 11) is 3.77. The van der Waals surface area contributed by atoms with E-state index in [1.54, 1.807) is 11.1 Å². The Bertz CT molecular complexity index is 2010. The summed E-state index contributed by atoms with van der Waals surface area (Å²) in [5, 5.41) is 13.9. The van der Waals surface area contributed by atoms with Crippen LogP contribution in [0.3, 0.4) is 0 Å². The lowest BCUT2D eigenvalue weighted by molar-refractivity contribution is -0.141. The third-order valence-corrected chi connectivity index (χ3v) is 9.38. The largest absolute Gasteiger partial charge is 0.481 e. The zero-order valence-corrected chi connectivity index (χ0v) is 27.7. The van der Waals surface area contributed by atoms with E-state index in [0.717, 1.165) is 68.0 Å². The van der Waals surface area contributed by atoms with Gasteiger partial charge in [-0.05, 0) is 93.0 Å². The highest BCUT2D eigenvalue weighted by atomic mass is 16.4. The number of nitrogens with one attached hydrogen (secondary N) is 1. The Morgan fingerprint density at radius 2 is 1.79 bits per heavy atom. The van der Waals surface area contributed by atoms with Crippen molar-refractivity contribution in [1.29, 1.82) is 0 Å². The fraction of sp³-hybridized carbons (Fsp3) is 0.324. The number of amides is 1. The summed E-state index contributed by atoms with van der Waals surface area (Å²) in [6, 6.07) is 16.4. The summed E-state index contributed by atoms with van der Waals surface area (Å²) in [4.78, 5) is 44.0. The van der Waals surface area contributed by atoms with E-state index in [4.69, 9.17) is 14.4 Å². The molecule has 2 N–H and O–H groups in total. The van der Waals surface area contributed by atoms with Crippen LogP contribution in [0.15, 0.2) is 65.3 Å². The molecule has 1 amide bonds. The van der Waals surface area contributed by atoms with Crippen LogP contribution in [-0.2, 0) is 29.2 Å². The molecular weight excluding hydrogens is 606 g/mol. The number of oxazole rings is 1. The van der Waals surface area contributed by atoms with Crippen LogP contribution in [0.5, 0.6) is 0 Å². The summed E-state index contributed by atoms with van der Waals surface area (Å²) >= 11 is 0. The molecule has 0 aliphatic carbocycles. The van der Waals surface area contributed by atoms with Crippen molar-refractivity contribution in [2.45, 2.75) is 39.9 Å². The summed E-state index contributed by atoms with van der Waals surface area (Å²) in [5.74, 6) is 1.02. The summed E-state index contributed by atoms with van der Waals surface area (Å²) in [5.41, 5.74) is 8.78. The number of anilines is 2. The summed E-state index contributed by atoms with van der Waals surface area (Å²) in [6.45, 7) is 7.44. The Balaban J connectivity index is 1.11. The Morgan fingerprint density at radius 1 is 1.02 bits per heavy atom. The lowest BCUT2D eigenvalue weighted by Gasteiger charge is -2.18. The van der Waals surface area contributed by atoms with Gasteiger partial charge in [-0.15, -0.1) is 0 Å². The lowest BCUT2D eigenvalue weighted by atomic mass is 9.93. The number of nitrogens with zero attached hydrogens (tertiary/aromatic N) is 6. The first-order valence-corrected chi connectivity index (χ1v) is 16.2. The highest BCUT2D eigenvalue weighted by molar-refractivity contribution is 5.91. The first-order chi connectivity index (χ1) is 23.1. The predicted molar refractivity (Wildman–Crippen MR) is 183 cm³/mol. The highest BCUT2D eigenvalue weighted by Crippen LogP contribution is 2.38. The molecule has 0 unspecified atom stereocenters. The van der Waals surface area contributed by atoms with Crippen LogP contribution in [0, 0.1) is 19.8 Å². The molecule has 0 bridgehead atoms. The second kappa shape index (κ2) is 12.8. The van der Waals surface area contributed by atoms with Crippen molar-refractivity contribution in [2.75, 3.05) is 39.0 Å². The van der Waals surface area contributed by atoms with Gasteiger partial charge < -0.3 is 24.6 Å². The topological polar surface area (TPSA) is 128 Å². The minimum atomic E-state index is -0.724. The minimum absolute atomic E-state index is 0.0610. The fourth-order valence-corrected chi connectivity index (χ4v) is 6.77. The van der Waals surface area contributed by atoms with Crippen LogP contribution >= 0.6 is 0 Å². The standard InChI is InChI=1S/C37H39N7O4/c1-22-27(7-5-9-29(22)36-41-31-19-44(20-32(31)48-36)33(45)21-42(3)4)28-8-6-10-30(23(28)2)40-35-34-25(11-13-38-35)15-24(16-39-34)17-43-14-12-26(18-43)37(46)47/h5-11,13,15-16,26H,12,14,17-21H2,1-4H3,(H,38,40)(H,46,47)/t26-/m1/s1. The Kier molecular flexibility index (Phi) is 8.40. The zero-order chi connectivity index (χ0) is 33.5. The van der Waals surface area contributed by atoms with E-state index < -0.39 is 5.97 Å². The average Bonchev–Trinajstić information content (AvgIpc) is 3.78. The number of likely N-dealkylation sites (N-methyl/N-ethyl adjacent to an activating group) is 1. The smallest absolute Gasteiger partial charge is 0.307 e. The van der Waals surface area contributed by atoms with E-state index in [9.17, 15) is 14.7 Å². The number of pyridine rings is 2. The molecule has 1 saturated heterocycles. The third kappa shape index (κ3) is 6.14. The van der Waals surface area contributed by atoms with Gasteiger partial charge in [-0.1, -0.05) is 24.3 Å². The SMILES string of the molecule is Cc1c(Nc2nccc3cc(CN4CC[C@@H](C(=O)O)C4)cnc23)cccc1-c1cccc(-c2nc3c(o2)CN(C(=O)CN(C)C)C3)c1C. The first-order valence-electron chi connectivity index (χ1n) is 16.2. The van der Waals surface area contributed by atoms with Gasteiger partial charge in [0.15, 0.2) is 5.82 Å². The fourth-order valence-electron chi connectivity index (χ4n) is 6.77. The van der Waals surface area contributed by atoms with E-state index in [1.807, 2.05) is 55.5 Å². The Labute approximate surface area is 279 Å². The zero-order valence-electron chi connectivity index (χ0n) is 27.7. The van der Waals surface area contributed by atoms with Gasteiger partial charge in [0.25, 0.3) is 0 Å². The molecule has 0 saturated carbocycles.